The van der Waals surface area contributed by atoms with Gasteiger partial charge in [-0.2, -0.15) is 0 Å². The molecule has 2 amide bonds. The summed E-state index contributed by atoms with van der Waals surface area (Å²) in [5.41, 5.74) is 2.80. The van der Waals surface area contributed by atoms with E-state index in [2.05, 4.69) is 29.8 Å². The fraction of sp³-hybridized carbons (Fsp3) is 0.462. The van der Waals surface area contributed by atoms with E-state index in [0.717, 1.165) is 77.0 Å². The number of hydrogen-bond donors (Lipinski definition) is 0. The SMILES string of the molecule is CCCCCCN1C(=O)C2=C(c3sccc3Br)N(CCCCCC)C(=O)C2=C1c1cccs1. The Labute approximate surface area is 213 Å². The van der Waals surface area contributed by atoms with Crippen molar-refractivity contribution in [2.45, 2.75) is 65.2 Å². The highest BCUT2D eigenvalue weighted by Crippen LogP contribution is 2.49. The third-order valence-electron chi connectivity index (χ3n) is 6.24. The minimum Gasteiger partial charge on any atom is -0.306 e. The normalized spacial score (nSPS) is 16.1. The molecule has 0 spiro atoms. The molecule has 0 saturated heterocycles. The molecule has 2 aliphatic rings. The van der Waals surface area contributed by atoms with Crippen LogP contribution in [0.3, 0.4) is 0 Å². The molecule has 0 saturated carbocycles. The van der Waals surface area contributed by atoms with E-state index in [1.165, 1.54) is 0 Å². The van der Waals surface area contributed by atoms with Crippen LogP contribution in [0, 0.1) is 0 Å². The minimum absolute atomic E-state index is 0.0235. The Morgan fingerprint density at radius 2 is 1.36 bits per heavy atom. The number of halogens is 1. The highest BCUT2D eigenvalue weighted by Gasteiger charge is 2.49. The van der Waals surface area contributed by atoms with Gasteiger partial charge in [0.25, 0.3) is 11.8 Å². The highest BCUT2D eigenvalue weighted by atomic mass is 79.9. The van der Waals surface area contributed by atoms with E-state index in [9.17, 15) is 9.59 Å². The van der Waals surface area contributed by atoms with E-state index < -0.39 is 0 Å². The second-order valence-corrected chi connectivity index (χ2v) is 11.3. The predicted octanol–water partition coefficient (Wildman–Crippen LogP) is 7.54. The summed E-state index contributed by atoms with van der Waals surface area (Å²) in [7, 11) is 0. The molecule has 0 radical (unpaired) electrons. The molecule has 4 heterocycles. The van der Waals surface area contributed by atoms with Gasteiger partial charge < -0.3 is 9.80 Å². The van der Waals surface area contributed by atoms with Gasteiger partial charge in [-0.1, -0.05) is 58.4 Å². The molecule has 33 heavy (non-hydrogen) atoms. The van der Waals surface area contributed by atoms with Gasteiger partial charge in [0.1, 0.15) is 0 Å². The number of thiophene rings is 2. The van der Waals surface area contributed by atoms with Crippen molar-refractivity contribution in [2.24, 2.45) is 0 Å². The van der Waals surface area contributed by atoms with Crippen molar-refractivity contribution in [3.63, 3.8) is 0 Å². The van der Waals surface area contributed by atoms with Crippen LogP contribution in [0.4, 0.5) is 0 Å². The molecule has 176 valence electrons. The summed E-state index contributed by atoms with van der Waals surface area (Å²) in [4.78, 5) is 33.5. The lowest BCUT2D eigenvalue weighted by Gasteiger charge is -2.24. The minimum atomic E-state index is -0.0235. The summed E-state index contributed by atoms with van der Waals surface area (Å²) in [6, 6.07) is 6.02. The van der Waals surface area contributed by atoms with Crippen LogP contribution in [-0.4, -0.2) is 34.7 Å². The molecule has 0 aromatic carbocycles. The number of unbranched alkanes of at least 4 members (excludes halogenated alkanes) is 6. The summed E-state index contributed by atoms with van der Waals surface area (Å²) in [6.07, 6.45) is 8.68. The largest absolute Gasteiger partial charge is 0.306 e. The Morgan fingerprint density at radius 1 is 0.758 bits per heavy atom. The van der Waals surface area contributed by atoms with Crippen molar-refractivity contribution in [1.29, 1.82) is 0 Å². The molecule has 0 fully saturated rings. The molecular weight excluding hydrogens is 516 g/mol. The Bertz CT molecular complexity index is 1070. The molecule has 0 N–H and O–H groups in total. The molecular formula is C26H31BrN2O2S2. The van der Waals surface area contributed by atoms with E-state index >= 15 is 0 Å². The molecule has 2 aliphatic heterocycles. The lowest BCUT2D eigenvalue weighted by atomic mass is 10.1. The first kappa shape index (κ1) is 24.4. The van der Waals surface area contributed by atoms with Crippen molar-refractivity contribution in [2.75, 3.05) is 13.1 Å². The van der Waals surface area contributed by atoms with Crippen LogP contribution in [0.15, 0.2) is 44.6 Å². The van der Waals surface area contributed by atoms with Crippen LogP contribution in [0.1, 0.15) is 75.0 Å². The van der Waals surface area contributed by atoms with Crippen molar-refractivity contribution >= 4 is 61.8 Å². The van der Waals surface area contributed by atoms with Crippen molar-refractivity contribution in [1.82, 2.24) is 9.80 Å². The fourth-order valence-corrected chi connectivity index (χ4v) is 6.99. The Kier molecular flexibility index (Phi) is 8.25. The molecule has 0 unspecified atom stereocenters. The zero-order chi connectivity index (χ0) is 23.4. The zero-order valence-electron chi connectivity index (χ0n) is 19.4. The van der Waals surface area contributed by atoms with Gasteiger partial charge in [0, 0.05) is 17.6 Å². The van der Waals surface area contributed by atoms with Gasteiger partial charge >= 0.3 is 0 Å². The van der Waals surface area contributed by atoms with E-state index in [4.69, 9.17) is 0 Å². The van der Waals surface area contributed by atoms with Gasteiger partial charge in [-0.15, -0.1) is 22.7 Å². The second kappa shape index (κ2) is 11.2. The smallest absolute Gasteiger partial charge is 0.261 e. The molecule has 2 aromatic rings. The zero-order valence-corrected chi connectivity index (χ0v) is 22.6. The highest BCUT2D eigenvalue weighted by molar-refractivity contribution is 9.10. The molecule has 4 nitrogen and oxygen atoms in total. The summed E-state index contributed by atoms with van der Waals surface area (Å²) in [5, 5.41) is 4.03. The number of amides is 2. The average Bonchev–Trinajstić information content (AvgIpc) is 3.57. The standard InChI is InChI=1S/C26H31BrN2O2S2/c1-3-5-7-9-14-28-22(19-12-11-16-32-19)20-21(26(28)31)23(24-18(27)13-17-33-24)29(25(20)30)15-10-8-6-4-2/h11-13,16-17H,3-10,14-15H2,1-2H3. The Hall–Kier alpha value is -1.70. The summed E-state index contributed by atoms with van der Waals surface area (Å²) >= 11 is 6.84. The lowest BCUT2D eigenvalue weighted by Crippen LogP contribution is -2.30. The first-order valence-corrected chi connectivity index (χ1v) is 14.5. The summed E-state index contributed by atoms with van der Waals surface area (Å²) < 4.78 is 0.939. The van der Waals surface area contributed by atoms with Crippen LogP contribution >= 0.6 is 38.6 Å². The van der Waals surface area contributed by atoms with E-state index in [1.807, 2.05) is 38.8 Å². The van der Waals surface area contributed by atoms with Gasteiger partial charge in [-0.3, -0.25) is 9.59 Å². The summed E-state index contributed by atoms with van der Waals surface area (Å²) in [6.45, 7) is 5.68. The van der Waals surface area contributed by atoms with Gasteiger partial charge in [0.2, 0.25) is 0 Å². The topological polar surface area (TPSA) is 40.6 Å². The average molecular weight is 548 g/mol. The summed E-state index contributed by atoms with van der Waals surface area (Å²) in [5.74, 6) is -0.0470. The van der Waals surface area contributed by atoms with Crippen molar-refractivity contribution in [3.8, 4) is 0 Å². The van der Waals surface area contributed by atoms with Crippen LogP contribution in [0.25, 0.3) is 11.4 Å². The molecule has 7 heteroatoms. The number of carbonyl (C=O) groups is 2. The van der Waals surface area contributed by atoms with Crippen LogP contribution < -0.4 is 0 Å². The maximum atomic E-state index is 13.9. The first-order valence-electron chi connectivity index (χ1n) is 12.0. The molecule has 2 aromatic heterocycles. The molecule has 0 atom stereocenters. The van der Waals surface area contributed by atoms with Crippen LogP contribution in [0.2, 0.25) is 0 Å². The third kappa shape index (κ3) is 4.77. The van der Waals surface area contributed by atoms with Gasteiger partial charge in [0.05, 0.1) is 32.3 Å². The molecule has 4 rings (SSSR count). The quantitative estimate of drug-likeness (QED) is 0.258. The predicted molar refractivity (Wildman–Crippen MR) is 142 cm³/mol. The molecule has 0 aliphatic carbocycles. The van der Waals surface area contributed by atoms with Crippen molar-refractivity contribution in [3.05, 3.63) is 54.3 Å². The number of nitrogens with zero attached hydrogens (tertiary/aromatic N) is 2. The second-order valence-electron chi connectivity index (χ2n) is 8.56. The Morgan fingerprint density at radius 3 is 1.88 bits per heavy atom. The number of carbonyl (C=O) groups excluding carboxylic acids is 2. The number of rotatable bonds is 12. The Balaban J connectivity index is 1.79. The number of fused-ring (bicyclic) bond motifs is 1. The van der Waals surface area contributed by atoms with Crippen LogP contribution in [0.5, 0.6) is 0 Å². The van der Waals surface area contributed by atoms with Gasteiger partial charge in [0.15, 0.2) is 0 Å². The maximum absolute atomic E-state index is 13.9. The molecule has 0 bridgehead atoms. The van der Waals surface area contributed by atoms with Gasteiger partial charge in [-0.25, -0.2) is 0 Å². The monoisotopic (exact) mass is 546 g/mol. The van der Waals surface area contributed by atoms with Gasteiger partial charge in [-0.05, 0) is 51.7 Å². The number of hydrogen-bond acceptors (Lipinski definition) is 4. The van der Waals surface area contributed by atoms with Crippen molar-refractivity contribution < 1.29 is 9.59 Å². The fourth-order valence-electron chi connectivity index (χ4n) is 4.58. The third-order valence-corrected chi connectivity index (χ3v) is 8.96. The first-order chi connectivity index (χ1) is 16.1. The van der Waals surface area contributed by atoms with E-state index in [0.29, 0.717) is 24.2 Å². The lowest BCUT2D eigenvalue weighted by molar-refractivity contribution is -0.124. The van der Waals surface area contributed by atoms with E-state index in [-0.39, 0.29) is 11.8 Å². The van der Waals surface area contributed by atoms with E-state index in [1.54, 1.807) is 22.7 Å². The maximum Gasteiger partial charge on any atom is 0.261 e. The van der Waals surface area contributed by atoms with Crippen LogP contribution in [-0.2, 0) is 9.59 Å².